The topological polar surface area (TPSA) is 57.0 Å². The van der Waals surface area contributed by atoms with Crippen LogP contribution in [0.25, 0.3) is 5.69 Å². The number of nitrogens with zero attached hydrogens (tertiary/aromatic N) is 3. The van der Waals surface area contributed by atoms with E-state index in [0.717, 1.165) is 0 Å². The van der Waals surface area contributed by atoms with E-state index in [-0.39, 0.29) is 23.3 Å². The molecule has 22 heavy (non-hydrogen) atoms. The highest BCUT2D eigenvalue weighted by molar-refractivity contribution is 6.66. The average molecular weight is 403 g/mol. The number of aromatic nitrogens is 3. The molecule has 0 radical (unpaired) electrons. The minimum Gasteiger partial charge on any atom is -0.460 e. The maximum absolute atomic E-state index is 11.8. The number of hydrogen-bond acceptors (Lipinski definition) is 4. The van der Waals surface area contributed by atoms with E-state index in [1.165, 1.54) is 10.7 Å². The second-order valence-corrected chi connectivity index (χ2v) is 7.08. The Kier molecular flexibility index (Phi) is 5.45. The van der Waals surface area contributed by atoms with Crippen molar-refractivity contribution in [3.05, 3.63) is 39.9 Å². The molecule has 0 aliphatic carbocycles. The van der Waals surface area contributed by atoms with Crippen LogP contribution in [0.5, 0.6) is 0 Å². The zero-order valence-electron chi connectivity index (χ0n) is 11.0. The maximum atomic E-state index is 11.8. The van der Waals surface area contributed by atoms with Crippen molar-refractivity contribution in [2.75, 3.05) is 6.61 Å². The summed E-state index contributed by atoms with van der Waals surface area (Å²) < 4.78 is 4.13. The molecule has 10 heteroatoms. The van der Waals surface area contributed by atoms with Gasteiger partial charge < -0.3 is 4.74 Å². The lowest BCUT2D eigenvalue weighted by molar-refractivity contribution is 0.0512. The molecule has 1 aromatic carbocycles. The number of benzene rings is 1. The van der Waals surface area contributed by atoms with E-state index in [1.54, 1.807) is 19.1 Å². The first-order valence-electron chi connectivity index (χ1n) is 5.91. The van der Waals surface area contributed by atoms with Crippen molar-refractivity contribution in [3.8, 4) is 5.69 Å². The van der Waals surface area contributed by atoms with Gasteiger partial charge >= 0.3 is 5.97 Å². The van der Waals surface area contributed by atoms with Gasteiger partial charge in [0.1, 0.15) is 0 Å². The Balaban J connectivity index is 2.57. The highest BCUT2D eigenvalue weighted by Crippen LogP contribution is 2.38. The van der Waals surface area contributed by atoms with Gasteiger partial charge in [-0.25, -0.2) is 14.5 Å². The third-order valence-electron chi connectivity index (χ3n) is 2.47. The van der Waals surface area contributed by atoms with Crippen LogP contribution in [-0.4, -0.2) is 27.3 Å². The maximum Gasteiger partial charge on any atom is 0.378 e. The molecule has 0 aliphatic heterocycles. The number of halogens is 5. The predicted molar refractivity (Wildman–Crippen MR) is 86.6 cm³/mol. The normalized spacial score (nSPS) is 11.5. The SMILES string of the molecule is CCOC(=O)c1nc(C(Cl)(Cl)Cl)n(-c2ccc(Cl)c(Cl)c2)n1. The number of ether oxygens (including phenoxy) is 1. The van der Waals surface area contributed by atoms with Crippen molar-refractivity contribution in [1.82, 2.24) is 14.8 Å². The monoisotopic (exact) mass is 401 g/mol. The van der Waals surface area contributed by atoms with E-state index in [1.807, 2.05) is 0 Å². The van der Waals surface area contributed by atoms with Crippen LogP contribution >= 0.6 is 58.0 Å². The first kappa shape index (κ1) is 17.6. The first-order valence-corrected chi connectivity index (χ1v) is 7.79. The Morgan fingerprint density at radius 1 is 1.27 bits per heavy atom. The summed E-state index contributed by atoms with van der Waals surface area (Å²) in [5, 5.41) is 4.65. The number of hydrogen-bond donors (Lipinski definition) is 0. The fraction of sp³-hybridized carbons (Fsp3) is 0.250. The summed E-state index contributed by atoms with van der Waals surface area (Å²) in [6.45, 7) is 1.83. The molecule has 0 aliphatic rings. The van der Waals surface area contributed by atoms with Crippen LogP contribution in [-0.2, 0) is 8.53 Å². The van der Waals surface area contributed by atoms with E-state index < -0.39 is 9.76 Å². The summed E-state index contributed by atoms with van der Waals surface area (Å²) in [5.41, 5.74) is 0.429. The fourth-order valence-electron chi connectivity index (χ4n) is 1.57. The number of rotatable bonds is 3. The van der Waals surface area contributed by atoms with Crippen LogP contribution in [0.15, 0.2) is 18.2 Å². The molecular formula is C12H8Cl5N3O2. The highest BCUT2D eigenvalue weighted by atomic mass is 35.6. The van der Waals surface area contributed by atoms with Gasteiger partial charge in [0.2, 0.25) is 3.79 Å². The molecule has 0 spiro atoms. The number of esters is 1. The predicted octanol–water partition coefficient (Wildman–Crippen LogP) is 4.58. The van der Waals surface area contributed by atoms with E-state index >= 15 is 0 Å². The number of carbonyl (C=O) groups is 1. The van der Waals surface area contributed by atoms with Crippen molar-refractivity contribution < 1.29 is 9.53 Å². The first-order chi connectivity index (χ1) is 10.2. The van der Waals surface area contributed by atoms with Gasteiger partial charge in [-0.3, -0.25) is 0 Å². The minimum atomic E-state index is -1.90. The van der Waals surface area contributed by atoms with E-state index in [2.05, 4.69) is 10.1 Å². The van der Waals surface area contributed by atoms with Crippen LogP contribution < -0.4 is 0 Å². The average Bonchev–Trinajstić information content (AvgIpc) is 2.87. The summed E-state index contributed by atoms with van der Waals surface area (Å²) in [6.07, 6.45) is 0. The molecular weight excluding hydrogens is 395 g/mol. The van der Waals surface area contributed by atoms with Crippen molar-refractivity contribution >= 4 is 64.0 Å². The minimum absolute atomic E-state index is 0.0704. The number of alkyl halides is 3. The third kappa shape index (κ3) is 3.78. The second-order valence-electron chi connectivity index (χ2n) is 3.99. The standard InChI is InChI=1S/C12H8Cl5N3O2/c1-2-22-10(21)9-18-11(12(15,16)17)20(19-9)6-3-4-7(13)8(14)5-6/h3-5H,2H2,1H3. The summed E-state index contributed by atoms with van der Waals surface area (Å²) in [4.78, 5) is 15.7. The second kappa shape index (κ2) is 6.81. The van der Waals surface area contributed by atoms with E-state index in [0.29, 0.717) is 10.7 Å². The van der Waals surface area contributed by atoms with Gasteiger partial charge in [-0.2, -0.15) is 0 Å². The summed E-state index contributed by atoms with van der Waals surface area (Å²) in [5.74, 6) is -1.02. The lowest BCUT2D eigenvalue weighted by Gasteiger charge is -2.12. The molecule has 0 bridgehead atoms. The van der Waals surface area contributed by atoms with Gasteiger partial charge in [0, 0.05) is 0 Å². The van der Waals surface area contributed by atoms with Gasteiger partial charge in [-0.05, 0) is 25.1 Å². The molecule has 0 N–H and O–H groups in total. The molecule has 1 heterocycles. The van der Waals surface area contributed by atoms with Gasteiger partial charge in [0.15, 0.2) is 5.82 Å². The summed E-state index contributed by atoms with van der Waals surface area (Å²) in [7, 11) is 0. The molecule has 0 unspecified atom stereocenters. The van der Waals surface area contributed by atoms with E-state index in [4.69, 9.17) is 62.7 Å². The van der Waals surface area contributed by atoms with Crippen LogP contribution in [0.3, 0.4) is 0 Å². The Morgan fingerprint density at radius 2 is 1.95 bits per heavy atom. The van der Waals surface area contributed by atoms with Crippen LogP contribution in [0.2, 0.25) is 10.0 Å². The Hall–Kier alpha value is -0.720. The van der Waals surface area contributed by atoms with Crippen molar-refractivity contribution in [3.63, 3.8) is 0 Å². The lowest BCUT2D eigenvalue weighted by Crippen LogP contribution is -2.11. The summed E-state index contributed by atoms with van der Waals surface area (Å²) in [6, 6.07) is 4.65. The molecule has 0 saturated heterocycles. The number of carbonyl (C=O) groups excluding carboxylic acids is 1. The van der Waals surface area contributed by atoms with Crippen molar-refractivity contribution in [2.45, 2.75) is 10.7 Å². The largest absolute Gasteiger partial charge is 0.460 e. The smallest absolute Gasteiger partial charge is 0.378 e. The van der Waals surface area contributed by atoms with Gasteiger partial charge in [-0.1, -0.05) is 58.0 Å². The molecule has 0 fully saturated rings. The third-order valence-corrected chi connectivity index (χ3v) is 3.71. The molecule has 0 saturated carbocycles. The lowest BCUT2D eigenvalue weighted by atomic mass is 10.3. The molecule has 0 atom stereocenters. The molecule has 1 aromatic heterocycles. The quantitative estimate of drug-likeness (QED) is 0.556. The zero-order chi connectivity index (χ0) is 16.5. The fourth-order valence-corrected chi connectivity index (χ4v) is 2.23. The molecule has 2 aromatic rings. The van der Waals surface area contributed by atoms with Gasteiger partial charge in [0.05, 0.1) is 22.3 Å². The molecule has 5 nitrogen and oxygen atoms in total. The zero-order valence-corrected chi connectivity index (χ0v) is 14.8. The molecule has 2 rings (SSSR count). The highest BCUT2D eigenvalue weighted by Gasteiger charge is 2.33. The van der Waals surface area contributed by atoms with Crippen LogP contribution in [0, 0.1) is 0 Å². The molecule has 0 amide bonds. The van der Waals surface area contributed by atoms with Crippen molar-refractivity contribution in [1.29, 1.82) is 0 Å². The summed E-state index contributed by atoms with van der Waals surface area (Å²) >= 11 is 29.5. The van der Waals surface area contributed by atoms with Gasteiger partial charge in [-0.15, -0.1) is 5.10 Å². The van der Waals surface area contributed by atoms with Crippen LogP contribution in [0.1, 0.15) is 23.4 Å². The molecule has 118 valence electrons. The van der Waals surface area contributed by atoms with E-state index in [9.17, 15) is 4.79 Å². The van der Waals surface area contributed by atoms with Gasteiger partial charge in [0.25, 0.3) is 5.82 Å². The Bertz CT molecular complexity index is 711. The van der Waals surface area contributed by atoms with Crippen molar-refractivity contribution in [2.24, 2.45) is 0 Å². The Morgan fingerprint density at radius 3 is 2.50 bits per heavy atom. The Labute approximate surface area is 151 Å². The van der Waals surface area contributed by atoms with Crippen LogP contribution in [0.4, 0.5) is 0 Å².